The van der Waals surface area contributed by atoms with Gasteiger partial charge in [-0.3, -0.25) is 4.79 Å². The number of aromatic amines is 1. The molecule has 2 heterocycles. The first-order valence-electron chi connectivity index (χ1n) is 9.66. The molecule has 0 atom stereocenters. The molecule has 0 radical (unpaired) electrons. The normalized spacial score (nSPS) is 23.7. The lowest BCUT2D eigenvalue weighted by molar-refractivity contribution is 0.132. The van der Waals surface area contributed by atoms with Gasteiger partial charge in [0, 0.05) is 16.7 Å². The minimum atomic E-state index is -3.18. The number of benzene rings is 1. The lowest BCUT2D eigenvalue weighted by Gasteiger charge is -2.45. The Balaban J connectivity index is 1.48. The number of hydrogen-bond donors (Lipinski definition) is 3. The van der Waals surface area contributed by atoms with Crippen molar-refractivity contribution < 1.29 is 13.2 Å². The second-order valence-corrected chi connectivity index (χ2v) is 9.30. The summed E-state index contributed by atoms with van der Waals surface area (Å²) in [6.45, 7) is 0. The molecule has 6 rings (SSSR count). The Labute approximate surface area is 173 Å². The Hall–Kier alpha value is -2.39. The van der Waals surface area contributed by atoms with E-state index in [1.165, 1.54) is 19.3 Å². The first-order valence-corrected chi connectivity index (χ1v) is 11.2. The second kappa shape index (κ2) is 6.84. The summed E-state index contributed by atoms with van der Waals surface area (Å²) in [7, 11) is -3.18. The Morgan fingerprint density at radius 3 is 2.59 bits per heavy atom. The van der Waals surface area contributed by atoms with Crippen molar-refractivity contribution in [3.63, 3.8) is 0 Å². The molecule has 10 heteroatoms. The van der Waals surface area contributed by atoms with Crippen LogP contribution >= 0.6 is 11.6 Å². The van der Waals surface area contributed by atoms with Gasteiger partial charge in [0.15, 0.2) is 11.5 Å². The zero-order valence-corrected chi connectivity index (χ0v) is 17.2. The van der Waals surface area contributed by atoms with Gasteiger partial charge >= 0.3 is 5.24 Å². The van der Waals surface area contributed by atoms with Gasteiger partial charge in [-0.15, -0.1) is 9.73 Å². The Morgan fingerprint density at radius 1 is 1.21 bits per heavy atom. The van der Waals surface area contributed by atoms with Gasteiger partial charge in [0.25, 0.3) is 0 Å². The van der Waals surface area contributed by atoms with Crippen LogP contribution in [0.2, 0.25) is 5.02 Å². The van der Waals surface area contributed by atoms with E-state index in [0.29, 0.717) is 27.7 Å². The predicted octanol–water partition coefficient (Wildman–Crippen LogP) is 3.74. The van der Waals surface area contributed by atoms with Crippen LogP contribution in [0.4, 0.5) is 10.5 Å². The third kappa shape index (κ3) is 3.12. The first-order chi connectivity index (χ1) is 13.9. The van der Waals surface area contributed by atoms with E-state index in [1.54, 1.807) is 28.9 Å². The van der Waals surface area contributed by atoms with Crippen LogP contribution in [-0.4, -0.2) is 33.5 Å². The summed E-state index contributed by atoms with van der Waals surface area (Å²) in [4.78, 5) is 14.6. The molecule has 3 aromatic rings. The third-order valence-electron chi connectivity index (χ3n) is 6.39. The lowest BCUT2D eigenvalue weighted by Crippen LogP contribution is -2.38. The van der Waals surface area contributed by atoms with Crippen LogP contribution in [0.1, 0.15) is 44.2 Å². The number of fused-ring (bicyclic) bond motifs is 4. The maximum Gasteiger partial charge on any atom is 0.337 e. The van der Waals surface area contributed by atoms with E-state index in [0.717, 1.165) is 30.9 Å². The van der Waals surface area contributed by atoms with Gasteiger partial charge < -0.3 is 10.3 Å². The number of nitrogens with one attached hydrogen (secondary N) is 2. The van der Waals surface area contributed by atoms with Gasteiger partial charge in [0.1, 0.15) is 5.02 Å². The van der Waals surface area contributed by atoms with Crippen molar-refractivity contribution in [2.75, 3.05) is 5.32 Å². The van der Waals surface area contributed by atoms with E-state index in [-0.39, 0.29) is 5.41 Å². The zero-order chi connectivity index (χ0) is 20.2. The molecular weight excluding hydrogens is 414 g/mol. The van der Waals surface area contributed by atoms with Gasteiger partial charge in [-0.05, 0) is 56.6 Å². The zero-order valence-electron chi connectivity index (χ0n) is 15.5. The average molecular weight is 434 g/mol. The molecule has 1 amide bonds. The number of thiol groups is 1. The third-order valence-corrected chi connectivity index (χ3v) is 7.19. The molecule has 29 heavy (non-hydrogen) atoms. The number of H-pyrrole nitrogens is 1. The van der Waals surface area contributed by atoms with Gasteiger partial charge in [0.05, 0.1) is 5.69 Å². The quantitative estimate of drug-likeness (QED) is 0.545. The fourth-order valence-corrected chi connectivity index (χ4v) is 5.37. The standard InChI is InChI=1S/C19H20ClN5O3S/c20-14-15(19-7-4-11(5-8-19)6-9-19)23-25-17(14)22-16(24-25)12-2-1-3-13(10-12)21-18(26)29(27)28/h1-3,10-11,29H,4-9H2,(H,21,26)(H,22,24). The van der Waals surface area contributed by atoms with E-state index < -0.39 is 15.9 Å². The molecular formula is C19H20ClN5O3S. The maximum absolute atomic E-state index is 11.4. The molecule has 152 valence electrons. The smallest absolute Gasteiger partial charge is 0.320 e. The van der Waals surface area contributed by atoms with Crippen molar-refractivity contribution in [3.8, 4) is 11.4 Å². The topological polar surface area (TPSA) is 109 Å². The second-order valence-electron chi connectivity index (χ2n) is 8.00. The van der Waals surface area contributed by atoms with Crippen LogP contribution in [0.3, 0.4) is 0 Å². The molecule has 2 aromatic heterocycles. The summed E-state index contributed by atoms with van der Waals surface area (Å²) in [5.74, 6) is 1.40. The van der Waals surface area contributed by atoms with Crippen molar-refractivity contribution in [2.45, 2.75) is 43.9 Å². The SMILES string of the molecule is O=C(Nc1cccc(-c2nn3nc(C45CCC(CC4)CC5)c(Cl)c3[nH]2)c1)[SH](=O)=O. The number of carbonyl (C=O) groups is 1. The number of aromatic nitrogens is 4. The molecule has 0 saturated heterocycles. The molecule has 3 aliphatic rings. The maximum atomic E-state index is 11.4. The molecule has 0 aliphatic heterocycles. The van der Waals surface area contributed by atoms with Gasteiger partial charge in [0.2, 0.25) is 10.7 Å². The fraction of sp³-hybridized carbons (Fsp3) is 0.421. The van der Waals surface area contributed by atoms with Crippen LogP contribution in [0, 0.1) is 5.92 Å². The number of hydrogen-bond acceptors (Lipinski definition) is 5. The molecule has 1 aromatic carbocycles. The number of halogens is 1. The van der Waals surface area contributed by atoms with Crippen molar-refractivity contribution in [2.24, 2.45) is 5.92 Å². The highest BCUT2D eigenvalue weighted by atomic mass is 35.5. The van der Waals surface area contributed by atoms with E-state index >= 15 is 0 Å². The minimum Gasteiger partial charge on any atom is -0.320 e. The molecule has 8 nitrogen and oxygen atoms in total. The van der Waals surface area contributed by atoms with Gasteiger partial charge in [-0.2, -0.15) is 5.10 Å². The van der Waals surface area contributed by atoms with Crippen LogP contribution in [0.25, 0.3) is 17.0 Å². The summed E-state index contributed by atoms with van der Waals surface area (Å²) in [5.41, 5.74) is 2.71. The van der Waals surface area contributed by atoms with Gasteiger partial charge in [-0.25, -0.2) is 8.42 Å². The van der Waals surface area contributed by atoms with Crippen molar-refractivity contribution in [1.29, 1.82) is 0 Å². The van der Waals surface area contributed by atoms with Crippen molar-refractivity contribution >= 4 is 38.9 Å². The van der Waals surface area contributed by atoms with E-state index in [2.05, 4.69) is 15.4 Å². The van der Waals surface area contributed by atoms with Crippen LogP contribution in [0.5, 0.6) is 0 Å². The molecule has 3 fully saturated rings. The van der Waals surface area contributed by atoms with Crippen molar-refractivity contribution in [3.05, 3.63) is 35.0 Å². The summed E-state index contributed by atoms with van der Waals surface area (Å²) >= 11 is 6.73. The van der Waals surface area contributed by atoms with E-state index in [1.807, 2.05) is 0 Å². The largest absolute Gasteiger partial charge is 0.337 e. The monoisotopic (exact) mass is 433 g/mol. The highest BCUT2D eigenvalue weighted by Gasteiger charge is 2.45. The average Bonchev–Trinajstić information content (AvgIpc) is 3.29. The number of rotatable bonds is 3. The fourth-order valence-electron chi connectivity index (χ4n) is 4.78. The van der Waals surface area contributed by atoms with Gasteiger partial charge in [-0.1, -0.05) is 23.7 Å². The Kier molecular flexibility index (Phi) is 4.40. The van der Waals surface area contributed by atoms with Crippen LogP contribution < -0.4 is 5.32 Å². The van der Waals surface area contributed by atoms with E-state index in [9.17, 15) is 13.2 Å². The molecule has 0 unspecified atom stereocenters. The molecule has 2 N–H and O–H groups in total. The van der Waals surface area contributed by atoms with Crippen molar-refractivity contribution in [1.82, 2.24) is 19.8 Å². The Morgan fingerprint density at radius 2 is 1.93 bits per heavy atom. The highest BCUT2D eigenvalue weighted by Crippen LogP contribution is 2.53. The predicted molar refractivity (Wildman–Crippen MR) is 110 cm³/mol. The first kappa shape index (κ1) is 18.6. The van der Waals surface area contributed by atoms with Crippen LogP contribution in [-0.2, 0) is 16.1 Å². The summed E-state index contributed by atoms with van der Waals surface area (Å²) in [5, 5.41) is 11.2. The summed E-state index contributed by atoms with van der Waals surface area (Å²) < 4.78 is 23.1. The number of carbonyl (C=O) groups excluding carboxylic acids is 1. The minimum absolute atomic E-state index is 0.0692. The molecule has 0 spiro atoms. The molecule has 3 saturated carbocycles. The highest BCUT2D eigenvalue weighted by molar-refractivity contribution is 7.89. The summed E-state index contributed by atoms with van der Waals surface area (Å²) in [6, 6.07) is 6.77. The number of amides is 1. The van der Waals surface area contributed by atoms with Crippen LogP contribution in [0.15, 0.2) is 24.3 Å². The lowest BCUT2D eigenvalue weighted by atomic mass is 9.59. The molecule has 3 aliphatic carbocycles. The number of anilines is 1. The Bertz CT molecular complexity index is 1170. The summed E-state index contributed by atoms with van der Waals surface area (Å²) in [6.07, 6.45) is 7.13. The molecule has 2 bridgehead atoms. The van der Waals surface area contributed by atoms with E-state index in [4.69, 9.17) is 16.7 Å². The number of nitrogens with zero attached hydrogens (tertiary/aromatic N) is 3.